The molecule has 0 bridgehead atoms. The van der Waals surface area contributed by atoms with Gasteiger partial charge in [-0.1, -0.05) is 30.3 Å². The van der Waals surface area contributed by atoms with E-state index in [0.29, 0.717) is 5.56 Å². The van der Waals surface area contributed by atoms with Crippen LogP contribution in [-0.4, -0.2) is 46.0 Å². The summed E-state index contributed by atoms with van der Waals surface area (Å²) in [6.07, 6.45) is -0.941. The maximum atomic E-state index is 12.4. The summed E-state index contributed by atoms with van der Waals surface area (Å²) in [5.74, 6) is -0.801. The van der Waals surface area contributed by atoms with Crippen LogP contribution in [0.25, 0.3) is 0 Å². The average molecular weight is 390 g/mol. The van der Waals surface area contributed by atoms with E-state index in [1.54, 1.807) is 0 Å². The minimum Gasteiger partial charge on any atom is -0.467 e. The van der Waals surface area contributed by atoms with Crippen molar-refractivity contribution in [3.8, 4) is 0 Å². The Morgan fingerprint density at radius 2 is 2.07 bits per heavy atom. The number of ether oxygens (including phenoxy) is 3. The fraction of sp³-hybridized carbons (Fsp3) is 0.421. The normalized spacial score (nSPS) is 24.2. The van der Waals surface area contributed by atoms with Crippen molar-refractivity contribution >= 4 is 5.97 Å². The summed E-state index contributed by atoms with van der Waals surface area (Å²) in [5, 5.41) is 10.6. The lowest BCUT2D eigenvalue weighted by Gasteiger charge is -2.29. The van der Waals surface area contributed by atoms with Crippen molar-refractivity contribution < 1.29 is 24.1 Å². The van der Waals surface area contributed by atoms with Gasteiger partial charge >= 0.3 is 11.7 Å². The molecule has 0 spiro atoms. The van der Waals surface area contributed by atoms with E-state index >= 15 is 0 Å². The van der Waals surface area contributed by atoms with Gasteiger partial charge in [-0.25, -0.2) is 9.59 Å². The van der Waals surface area contributed by atoms with Gasteiger partial charge in [0.2, 0.25) is 5.60 Å². The second-order valence-corrected chi connectivity index (χ2v) is 6.66. The summed E-state index contributed by atoms with van der Waals surface area (Å²) in [6.45, 7) is 1.48. The number of carbonyl (C=O) groups is 1. The van der Waals surface area contributed by atoms with Gasteiger partial charge in [0.15, 0.2) is 0 Å². The maximum Gasteiger partial charge on any atom is 0.343 e. The molecule has 3 rings (SSSR count). The maximum absolute atomic E-state index is 12.4. The van der Waals surface area contributed by atoms with Crippen LogP contribution in [0.3, 0.4) is 0 Å². The lowest BCUT2D eigenvalue weighted by molar-refractivity contribution is -0.192. The van der Waals surface area contributed by atoms with Crippen LogP contribution >= 0.6 is 0 Å². The van der Waals surface area contributed by atoms with Crippen molar-refractivity contribution in [2.24, 2.45) is 0 Å². The number of carbonyl (C=O) groups excluding carboxylic acids is 1. The number of aliphatic hydroxyl groups is 1. The predicted octanol–water partition coefficient (Wildman–Crippen LogP) is 0.253. The summed E-state index contributed by atoms with van der Waals surface area (Å²) in [5.41, 5.74) is -1.80. The number of hydrogen-bond acceptors (Lipinski definition) is 7. The topological polar surface area (TPSA) is 120 Å². The molecule has 0 unspecified atom stereocenters. The minimum atomic E-state index is -1.78. The number of aromatic amines is 1. The quantitative estimate of drug-likeness (QED) is 0.679. The van der Waals surface area contributed by atoms with Crippen molar-refractivity contribution in [1.82, 2.24) is 9.55 Å². The highest BCUT2D eigenvalue weighted by atomic mass is 16.6. The Hall–Kier alpha value is -2.75. The molecule has 1 aliphatic heterocycles. The summed E-state index contributed by atoms with van der Waals surface area (Å²) in [4.78, 5) is 38.3. The van der Waals surface area contributed by atoms with E-state index in [4.69, 9.17) is 14.2 Å². The first-order valence-electron chi connectivity index (χ1n) is 8.75. The number of benzene rings is 1. The Balaban J connectivity index is 1.83. The molecule has 0 amide bonds. The standard InChI is InChI=1S/C19H22N2O7/c1-12-9-21(18(25)20-16(12)23)15-8-14(22)19(28-15,17(24)26-2)11-27-10-13-6-4-3-5-7-13/h3-7,9,14-15,22H,8,10-11H2,1-2H3,(H,20,23,25)/t14-,15+,19+/m0/s1. The SMILES string of the molecule is COC(=O)[C@]1(COCc2ccccc2)O[C@@H](n2cc(C)c(=O)[nH]c2=O)C[C@@H]1O. The van der Waals surface area contributed by atoms with Crippen LogP contribution in [0.5, 0.6) is 0 Å². The molecule has 1 fully saturated rings. The molecule has 9 heteroatoms. The van der Waals surface area contributed by atoms with Crippen LogP contribution in [0.15, 0.2) is 46.1 Å². The third kappa shape index (κ3) is 3.77. The number of H-pyrrole nitrogens is 1. The van der Waals surface area contributed by atoms with Gasteiger partial charge in [-0.15, -0.1) is 0 Å². The number of aromatic nitrogens is 2. The molecule has 1 aliphatic rings. The summed E-state index contributed by atoms with van der Waals surface area (Å²) in [6, 6.07) is 9.31. The number of methoxy groups -OCH3 is 1. The van der Waals surface area contributed by atoms with Gasteiger partial charge in [0.25, 0.3) is 5.56 Å². The van der Waals surface area contributed by atoms with E-state index < -0.39 is 35.2 Å². The number of nitrogens with one attached hydrogen (secondary N) is 1. The van der Waals surface area contributed by atoms with Crippen LogP contribution in [0, 0.1) is 6.92 Å². The molecule has 1 aromatic heterocycles. The molecule has 0 radical (unpaired) electrons. The van der Waals surface area contributed by atoms with Crippen molar-refractivity contribution in [3.63, 3.8) is 0 Å². The van der Waals surface area contributed by atoms with Crippen LogP contribution in [-0.2, 0) is 25.6 Å². The highest BCUT2D eigenvalue weighted by molar-refractivity contribution is 5.81. The molecular formula is C19H22N2O7. The van der Waals surface area contributed by atoms with E-state index in [1.807, 2.05) is 30.3 Å². The Morgan fingerprint density at radius 3 is 2.75 bits per heavy atom. The molecule has 28 heavy (non-hydrogen) atoms. The monoisotopic (exact) mass is 390 g/mol. The third-order valence-corrected chi connectivity index (χ3v) is 4.72. The number of esters is 1. The molecule has 2 heterocycles. The van der Waals surface area contributed by atoms with Crippen molar-refractivity contribution in [3.05, 3.63) is 68.5 Å². The van der Waals surface area contributed by atoms with Crippen molar-refractivity contribution in [2.75, 3.05) is 13.7 Å². The van der Waals surface area contributed by atoms with Crippen LogP contribution in [0.1, 0.15) is 23.8 Å². The van der Waals surface area contributed by atoms with E-state index in [0.717, 1.165) is 10.1 Å². The number of aryl methyl sites for hydroxylation is 1. The molecule has 1 aromatic carbocycles. The molecule has 9 nitrogen and oxygen atoms in total. The molecule has 1 saturated heterocycles. The Bertz CT molecular complexity index is 953. The Kier molecular flexibility index (Phi) is 5.78. The van der Waals surface area contributed by atoms with E-state index in [1.165, 1.54) is 20.2 Å². The lowest BCUT2D eigenvalue weighted by Crippen LogP contribution is -2.52. The zero-order chi connectivity index (χ0) is 20.3. The van der Waals surface area contributed by atoms with Crippen LogP contribution in [0.2, 0.25) is 0 Å². The summed E-state index contributed by atoms with van der Waals surface area (Å²) in [7, 11) is 1.18. The van der Waals surface area contributed by atoms with Crippen LogP contribution in [0.4, 0.5) is 0 Å². The van der Waals surface area contributed by atoms with Gasteiger partial charge < -0.3 is 19.3 Å². The molecule has 2 N–H and O–H groups in total. The molecule has 3 atom stereocenters. The van der Waals surface area contributed by atoms with Gasteiger partial charge in [0.1, 0.15) is 12.3 Å². The number of aliphatic hydroxyl groups excluding tert-OH is 1. The van der Waals surface area contributed by atoms with Gasteiger partial charge in [0, 0.05) is 18.2 Å². The largest absolute Gasteiger partial charge is 0.467 e. The third-order valence-electron chi connectivity index (χ3n) is 4.72. The van der Waals surface area contributed by atoms with Gasteiger partial charge in [0.05, 0.1) is 20.3 Å². The van der Waals surface area contributed by atoms with Gasteiger partial charge in [-0.3, -0.25) is 14.3 Å². The first kappa shape index (κ1) is 20.0. The fourth-order valence-corrected chi connectivity index (χ4v) is 3.16. The van der Waals surface area contributed by atoms with Crippen molar-refractivity contribution in [1.29, 1.82) is 0 Å². The average Bonchev–Trinajstić information content (AvgIpc) is 3.02. The number of nitrogens with zero attached hydrogens (tertiary/aromatic N) is 1. The second kappa shape index (κ2) is 8.09. The molecule has 2 aromatic rings. The minimum absolute atomic E-state index is 0.0464. The van der Waals surface area contributed by atoms with Gasteiger partial charge in [-0.2, -0.15) is 0 Å². The van der Waals surface area contributed by atoms with Gasteiger partial charge in [-0.05, 0) is 12.5 Å². The molecule has 150 valence electrons. The van der Waals surface area contributed by atoms with Crippen molar-refractivity contribution in [2.45, 2.75) is 37.9 Å². The summed E-state index contributed by atoms with van der Waals surface area (Å²) >= 11 is 0. The highest BCUT2D eigenvalue weighted by Gasteiger charge is 2.56. The summed E-state index contributed by atoms with van der Waals surface area (Å²) < 4.78 is 17.4. The molecule has 0 saturated carbocycles. The first-order valence-corrected chi connectivity index (χ1v) is 8.75. The molecular weight excluding hydrogens is 368 g/mol. The molecule has 0 aliphatic carbocycles. The Labute approximate surface area is 160 Å². The zero-order valence-corrected chi connectivity index (χ0v) is 15.6. The zero-order valence-electron chi connectivity index (χ0n) is 15.6. The smallest absolute Gasteiger partial charge is 0.343 e. The number of hydrogen-bond donors (Lipinski definition) is 2. The number of rotatable bonds is 6. The highest BCUT2D eigenvalue weighted by Crippen LogP contribution is 2.37. The second-order valence-electron chi connectivity index (χ2n) is 6.66. The predicted molar refractivity (Wildman–Crippen MR) is 97.7 cm³/mol. The van der Waals surface area contributed by atoms with E-state index in [-0.39, 0.29) is 19.6 Å². The van der Waals surface area contributed by atoms with E-state index in [2.05, 4.69) is 4.98 Å². The van der Waals surface area contributed by atoms with E-state index in [9.17, 15) is 19.5 Å². The lowest BCUT2D eigenvalue weighted by atomic mass is 9.98. The first-order chi connectivity index (χ1) is 13.4. The Morgan fingerprint density at radius 1 is 1.36 bits per heavy atom. The van der Waals surface area contributed by atoms with Crippen LogP contribution < -0.4 is 11.2 Å². The fourth-order valence-electron chi connectivity index (χ4n) is 3.16.